The lowest BCUT2D eigenvalue weighted by Gasteiger charge is -2.29. The highest BCUT2D eigenvalue weighted by Crippen LogP contribution is 2.31. The molecule has 0 aromatic carbocycles. The Balaban J connectivity index is 1.88. The minimum Gasteiger partial charge on any atom is -0.465 e. The molecule has 100 valence electrons. The van der Waals surface area contributed by atoms with E-state index in [0.29, 0.717) is 24.1 Å². The van der Waals surface area contributed by atoms with Crippen molar-refractivity contribution in [2.75, 3.05) is 13.1 Å². The van der Waals surface area contributed by atoms with E-state index in [1.54, 1.807) is 0 Å². The average Bonchev–Trinajstić information content (AvgIpc) is 2.84. The number of nitrogens with one attached hydrogen (secondary N) is 2. The van der Waals surface area contributed by atoms with Crippen LogP contribution in [0.3, 0.4) is 0 Å². The van der Waals surface area contributed by atoms with Crippen molar-refractivity contribution in [1.82, 2.24) is 19.9 Å². The monoisotopic (exact) mass is 262 g/mol. The number of H-pyrrole nitrogens is 2. The highest BCUT2D eigenvalue weighted by Gasteiger charge is 2.25. The van der Waals surface area contributed by atoms with Crippen molar-refractivity contribution >= 4 is 17.1 Å². The number of piperidine rings is 1. The maximum atomic E-state index is 11.6. The number of rotatable bonds is 1. The number of aromatic amines is 2. The summed E-state index contributed by atoms with van der Waals surface area (Å²) in [5.74, 6) is 0.249. The number of hydrogen-bond acceptors (Lipinski definition) is 3. The predicted octanol–water partition coefficient (Wildman–Crippen LogP) is 1.11. The molecule has 0 spiro atoms. The Morgan fingerprint density at radius 1 is 1.37 bits per heavy atom. The lowest BCUT2D eigenvalue weighted by Crippen LogP contribution is -2.36. The molecule has 2 aromatic heterocycles. The summed E-state index contributed by atoms with van der Waals surface area (Å²) in [4.78, 5) is 33.6. The summed E-state index contributed by atoms with van der Waals surface area (Å²) >= 11 is 0. The zero-order valence-corrected chi connectivity index (χ0v) is 10.2. The largest absolute Gasteiger partial charge is 0.465 e. The Hall–Kier alpha value is -2.31. The Bertz CT molecular complexity index is 667. The van der Waals surface area contributed by atoms with E-state index in [1.165, 1.54) is 11.2 Å². The topological polar surface area (TPSA) is 102 Å². The van der Waals surface area contributed by atoms with Crippen LogP contribution >= 0.6 is 0 Å². The summed E-state index contributed by atoms with van der Waals surface area (Å²) in [6.07, 6.45) is 3.86. The normalized spacial score (nSPS) is 16.9. The quantitative estimate of drug-likeness (QED) is 0.716. The van der Waals surface area contributed by atoms with Crippen molar-refractivity contribution in [3.8, 4) is 0 Å². The third-order valence-corrected chi connectivity index (χ3v) is 3.70. The van der Waals surface area contributed by atoms with Gasteiger partial charge >= 0.3 is 6.09 Å². The van der Waals surface area contributed by atoms with Gasteiger partial charge in [-0.1, -0.05) is 0 Å². The van der Waals surface area contributed by atoms with Gasteiger partial charge in [-0.3, -0.25) is 4.79 Å². The van der Waals surface area contributed by atoms with Crippen LogP contribution in [0, 0.1) is 0 Å². The van der Waals surface area contributed by atoms with Gasteiger partial charge in [0.2, 0.25) is 0 Å². The van der Waals surface area contributed by atoms with Crippen molar-refractivity contribution in [1.29, 1.82) is 0 Å². The lowest BCUT2D eigenvalue weighted by atomic mass is 9.90. The second-order valence-electron chi connectivity index (χ2n) is 4.74. The van der Waals surface area contributed by atoms with Crippen LogP contribution in [0.2, 0.25) is 0 Å². The van der Waals surface area contributed by atoms with Crippen molar-refractivity contribution < 1.29 is 9.90 Å². The number of carbonyl (C=O) groups is 1. The van der Waals surface area contributed by atoms with Crippen molar-refractivity contribution in [2.45, 2.75) is 18.8 Å². The maximum absolute atomic E-state index is 11.6. The lowest BCUT2D eigenvalue weighted by molar-refractivity contribution is 0.132. The smallest absolute Gasteiger partial charge is 0.407 e. The van der Waals surface area contributed by atoms with Crippen molar-refractivity contribution in [3.63, 3.8) is 0 Å². The first-order chi connectivity index (χ1) is 9.16. The van der Waals surface area contributed by atoms with Gasteiger partial charge in [-0.2, -0.15) is 0 Å². The highest BCUT2D eigenvalue weighted by atomic mass is 16.4. The molecule has 1 aliphatic heterocycles. The van der Waals surface area contributed by atoms with Gasteiger partial charge in [0.25, 0.3) is 5.56 Å². The fraction of sp³-hybridized carbons (Fsp3) is 0.417. The van der Waals surface area contributed by atoms with Gasteiger partial charge in [-0.05, 0) is 24.3 Å². The van der Waals surface area contributed by atoms with Gasteiger partial charge in [0.15, 0.2) is 0 Å². The summed E-state index contributed by atoms with van der Waals surface area (Å²) in [7, 11) is 0. The first kappa shape index (κ1) is 11.8. The summed E-state index contributed by atoms with van der Waals surface area (Å²) in [6, 6.07) is 0. The van der Waals surface area contributed by atoms with E-state index < -0.39 is 6.09 Å². The van der Waals surface area contributed by atoms with Gasteiger partial charge in [-0.25, -0.2) is 9.78 Å². The zero-order chi connectivity index (χ0) is 13.4. The fourth-order valence-electron chi connectivity index (χ4n) is 2.66. The Morgan fingerprint density at radius 3 is 2.79 bits per heavy atom. The average molecular weight is 262 g/mol. The summed E-state index contributed by atoms with van der Waals surface area (Å²) in [6.45, 7) is 1.05. The number of amides is 1. The van der Waals surface area contributed by atoms with Crippen LogP contribution in [0.4, 0.5) is 4.79 Å². The molecule has 7 nitrogen and oxygen atoms in total. The molecule has 3 rings (SSSR count). The molecule has 3 heterocycles. The molecule has 2 aromatic rings. The highest BCUT2D eigenvalue weighted by molar-refractivity contribution is 5.78. The van der Waals surface area contributed by atoms with E-state index >= 15 is 0 Å². The van der Waals surface area contributed by atoms with E-state index in [9.17, 15) is 9.59 Å². The minimum absolute atomic E-state index is 0.181. The van der Waals surface area contributed by atoms with Crippen LogP contribution in [0.1, 0.15) is 24.3 Å². The molecule has 1 fully saturated rings. The SMILES string of the molecule is O=C(O)N1CCC(c2c[nH]c3c(=O)[nH]cnc23)CC1. The van der Waals surface area contributed by atoms with Crippen LogP contribution in [0.25, 0.3) is 11.0 Å². The van der Waals surface area contributed by atoms with Gasteiger partial charge in [0.1, 0.15) is 5.52 Å². The molecule has 0 saturated carbocycles. The first-order valence-corrected chi connectivity index (χ1v) is 6.19. The molecule has 7 heteroatoms. The molecular formula is C12H14N4O3. The van der Waals surface area contributed by atoms with Gasteiger partial charge < -0.3 is 20.0 Å². The maximum Gasteiger partial charge on any atom is 0.407 e. The number of aromatic nitrogens is 3. The van der Waals surface area contributed by atoms with Crippen LogP contribution in [-0.2, 0) is 0 Å². The summed E-state index contributed by atoms with van der Waals surface area (Å²) in [5.41, 5.74) is 2.00. The standard InChI is InChI=1S/C12H14N4O3/c17-11-10-9(14-6-15-11)8(5-13-10)7-1-3-16(4-2-7)12(18)19/h5-7,13H,1-4H2,(H,18,19)(H,14,15,17). The number of carboxylic acid groups (broad SMARTS) is 1. The van der Waals surface area contributed by atoms with E-state index in [2.05, 4.69) is 15.0 Å². The molecule has 1 amide bonds. The molecule has 0 aliphatic carbocycles. The van der Waals surface area contributed by atoms with E-state index in [0.717, 1.165) is 18.4 Å². The van der Waals surface area contributed by atoms with Crippen LogP contribution in [0.5, 0.6) is 0 Å². The molecule has 3 N–H and O–H groups in total. The first-order valence-electron chi connectivity index (χ1n) is 6.19. The number of likely N-dealkylation sites (tertiary alicyclic amines) is 1. The third kappa shape index (κ3) is 1.96. The summed E-state index contributed by atoms with van der Waals surface area (Å²) in [5, 5.41) is 8.93. The van der Waals surface area contributed by atoms with Gasteiger partial charge in [0, 0.05) is 19.3 Å². The third-order valence-electron chi connectivity index (χ3n) is 3.70. The van der Waals surface area contributed by atoms with E-state index in [4.69, 9.17) is 5.11 Å². The van der Waals surface area contributed by atoms with Crippen LogP contribution in [-0.4, -0.2) is 44.1 Å². The Labute approximate surface area is 108 Å². The number of hydrogen-bond donors (Lipinski definition) is 3. The zero-order valence-electron chi connectivity index (χ0n) is 10.2. The second-order valence-corrected chi connectivity index (χ2v) is 4.74. The number of nitrogens with zero attached hydrogens (tertiary/aromatic N) is 2. The van der Waals surface area contributed by atoms with E-state index in [1.807, 2.05) is 6.20 Å². The minimum atomic E-state index is -0.869. The van der Waals surface area contributed by atoms with Crippen LogP contribution < -0.4 is 5.56 Å². The summed E-state index contributed by atoms with van der Waals surface area (Å²) < 4.78 is 0. The Morgan fingerprint density at radius 2 is 2.11 bits per heavy atom. The molecule has 1 aliphatic rings. The van der Waals surface area contributed by atoms with Gasteiger partial charge in [0.05, 0.1) is 11.8 Å². The number of fused-ring (bicyclic) bond motifs is 1. The van der Waals surface area contributed by atoms with E-state index in [-0.39, 0.29) is 11.5 Å². The molecule has 19 heavy (non-hydrogen) atoms. The molecule has 1 saturated heterocycles. The van der Waals surface area contributed by atoms with Crippen LogP contribution in [0.15, 0.2) is 17.3 Å². The predicted molar refractivity (Wildman–Crippen MR) is 68.3 cm³/mol. The Kier molecular flexibility index (Phi) is 2.73. The van der Waals surface area contributed by atoms with Crippen molar-refractivity contribution in [2.24, 2.45) is 0 Å². The fourth-order valence-corrected chi connectivity index (χ4v) is 2.66. The van der Waals surface area contributed by atoms with Crippen molar-refractivity contribution in [3.05, 3.63) is 28.4 Å². The second kappa shape index (κ2) is 4.42. The van der Waals surface area contributed by atoms with Gasteiger partial charge in [-0.15, -0.1) is 0 Å². The molecular weight excluding hydrogens is 248 g/mol. The molecule has 0 radical (unpaired) electrons. The molecule has 0 bridgehead atoms. The molecule has 0 atom stereocenters. The molecule has 0 unspecified atom stereocenters.